The maximum Gasteiger partial charge on any atom is 0.338 e. The molecule has 0 bridgehead atoms. The molecular weight excluding hydrogens is 666 g/mol. The number of fused-ring (bicyclic) bond motifs is 1. The number of ether oxygens (including phenoxy) is 3. The lowest BCUT2D eigenvalue weighted by Crippen LogP contribution is -2.40. The molecule has 14 heteroatoms. The molecular formula is C29H23BrClN3O8S. The van der Waals surface area contributed by atoms with E-state index in [0.29, 0.717) is 32.0 Å². The first-order valence-corrected chi connectivity index (χ1v) is 14.7. The Balaban J connectivity index is 1.68. The summed E-state index contributed by atoms with van der Waals surface area (Å²) in [5, 5.41) is 11.8. The molecule has 3 heterocycles. The SMILES string of the molecule is CCOC(=O)C1=C(C)N=c2s/c(=C\c3ccc(-c4ccc(Cl)cc4[N+](=O)[O-])o3)c(=O)n2[C@H]1c1cc(OC)c(OC)cc1Br. The van der Waals surface area contributed by atoms with Crippen molar-refractivity contribution in [2.24, 2.45) is 4.99 Å². The zero-order valence-corrected chi connectivity index (χ0v) is 26.3. The number of nitro benzene ring substituents is 1. The van der Waals surface area contributed by atoms with Gasteiger partial charge in [-0.2, -0.15) is 0 Å². The molecule has 0 saturated heterocycles. The van der Waals surface area contributed by atoms with E-state index in [2.05, 4.69) is 20.9 Å². The van der Waals surface area contributed by atoms with Crippen LogP contribution < -0.4 is 24.4 Å². The summed E-state index contributed by atoms with van der Waals surface area (Å²) >= 11 is 10.6. The molecule has 0 radical (unpaired) electrons. The van der Waals surface area contributed by atoms with Gasteiger partial charge in [0.05, 0.1) is 53.2 Å². The summed E-state index contributed by atoms with van der Waals surface area (Å²) in [7, 11) is 3.00. The molecule has 11 nitrogen and oxygen atoms in total. The molecule has 222 valence electrons. The maximum absolute atomic E-state index is 14.0. The number of benzene rings is 2. The Morgan fingerprint density at radius 2 is 1.93 bits per heavy atom. The van der Waals surface area contributed by atoms with E-state index in [-0.39, 0.29) is 44.5 Å². The molecule has 0 aliphatic carbocycles. The molecule has 2 aromatic carbocycles. The van der Waals surface area contributed by atoms with Crippen molar-refractivity contribution in [2.75, 3.05) is 20.8 Å². The number of carbonyl (C=O) groups excluding carboxylic acids is 1. The lowest BCUT2D eigenvalue weighted by Gasteiger charge is -2.26. The second-order valence-electron chi connectivity index (χ2n) is 9.15. The number of methoxy groups -OCH3 is 2. The van der Waals surface area contributed by atoms with Crippen LogP contribution in [-0.4, -0.2) is 36.3 Å². The third-order valence-corrected chi connectivity index (χ3v) is 8.54. The first-order chi connectivity index (χ1) is 20.6. The average molecular weight is 689 g/mol. The third kappa shape index (κ3) is 5.63. The van der Waals surface area contributed by atoms with Crippen LogP contribution in [0, 0.1) is 10.1 Å². The number of carbonyl (C=O) groups is 1. The monoisotopic (exact) mass is 687 g/mol. The highest BCUT2D eigenvalue weighted by Gasteiger charge is 2.35. The standard InChI is InChI=1S/C29H23BrClN3O8S/c1-5-41-28(36)25-14(2)32-29-33(26(25)18-12-22(39-3)23(40-4)13-19(18)30)27(35)24(43-29)11-16-7-9-21(42-16)17-8-6-15(31)10-20(17)34(37)38/h6-13,26H,5H2,1-4H3/b24-11-/t26-/m0/s1. The van der Waals surface area contributed by atoms with Gasteiger partial charge in [-0.05, 0) is 55.8 Å². The number of hydrogen-bond donors (Lipinski definition) is 0. The Kier molecular flexibility index (Phi) is 8.58. The van der Waals surface area contributed by atoms with Crippen LogP contribution in [0.1, 0.15) is 31.2 Å². The van der Waals surface area contributed by atoms with Gasteiger partial charge in [0.25, 0.3) is 11.2 Å². The van der Waals surface area contributed by atoms with Gasteiger partial charge in [0.15, 0.2) is 16.3 Å². The van der Waals surface area contributed by atoms with Crippen LogP contribution in [-0.2, 0) is 9.53 Å². The van der Waals surface area contributed by atoms with Crippen molar-refractivity contribution < 1.29 is 28.3 Å². The van der Waals surface area contributed by atoms with Crippen LogP contribution >= 0.6 is 38.9 Å². The van der Waals surface area contributed by atoms with Gasteiger partial charge in [0, 0.05) is 21.6 Å². The van der Waals surface area contributed by atoms with E-state index in [1.54, 1.807) is 38.1 Å². The molecule has 43 heavy (non-hydrogen) atoms. The molecule has 0 fully saturated rings. The summed E-state index contributed by atoms with van der Waals surface area (Å²) in [4.78, 5) is 43.2. The van der Waals surface area contributed by atoms with E-state index >= 15 is 0 Å². The van der Waals surface area contributed by atoms with Crippen molar-refractivity contribution in [3.63, 3.8) is 0 Å². The summed E-state index contributed by atoms with van der Waals surface area (Å²) in [6, 6.07) is 9.93. The summed E-state index contributed by atoms with van der Waals surface area (Å²) in [5.74, 6) is 0.771. The van der Waals surface area contributed by atoms with Gasteiger partial charge in [0.2, 0.25) is 0 Å². The van der Waals surface area contributed by atoms with Gasteiger partial charge in [-0.25, -0.2) is 9.79 Å². The fraction of sp³-hybridized carbons (Fsp3) is 0.207. The minimum absolute atomic E-state index is 0.131. The molecule has 1 atom stereocenters. The number of furan rings is 1. The summed E-state index contributed by atoms with van der Waals surface area (Å²) in [6.45, 7) is 3.51. The predicted octanol–water partition coefficient (Wildman–Crippen LogP) is 5.40. The minimum Gasteiger partial charge on any atom is -0.493 e. The molecule has 4 aromatic rings. The first-order valence-electron chi connectivity index (χ1n) is 12.7. The van der Waals surface area contributed by atoms with Crippen LogP contribution in [0.3, 0.4) is 0 Å². The number of nitro groups is 1. The fourth-order valence-corrected chi connectivity index (χ4v) is 6.47. The first kappa shape index (κ1) is 30.3. The molecule has 0 amide bonds. The third-order valence-electron chi connectivity index (χ3n) is 6.64. The Morgan fingerprint density at radius 3 is 2.60 bits per heavy atom. The van der Waals surface area contributed by atoms with Crippen molar-refractivity contribution >= 4 is 56.6 Å². The van der Waals surface area contributed by atoms with Gasteiger partial charge in [-0.1, -0.05) is 38.9 Å². The van der Waals surface area contributed by atoms with E-state index in [1.807, 2.05) is 0 Å². The second kappa shape index (κ2) is 12.2. The summed E-state index contributed by atoms with van der Waals surface area (Å²) in [5.41, 5.74) is 0.745. The van der Waals surface area contributed by atoms with E-state index in [4.69, 9.17) is 30.2 Å². The largest absolute Gasteiger partial charge is 0.493 e. The van der Waals surface area contributed by atoms with Crippen molar-refractivity contribution in [3.05, 3.63) is 104 Å². The molecule has 1 aliphatic heterocycles. The molecule has 0 saturated carbocycles. The van der Waals surface area contributed by atoms with Gasteiger partial charge in [0.1, 0.15) is 11.5 Å². The number of esters is 1. The fourth-order valence-electron chi connectivity index (χ4n) is 4.73. The predicted molar refractivity (Wildman–Crippen MR) is 163 cm³/mol. The topological polar surface area (TPSA) is 135 Å². The van der Waals surface area contributed by atoms with Crippen molar-refractivity contribution in [1.82, 2.24) is 4.57 Å². The number of hydrogen-bond acceptors (Lipinski definition) is 10. The highest BCUT2D eigenvalue weighted by atomic mass is 79.9. The van der Waals surface area contributed by atoms with E-state index in [9.17, 15) is 19.7 Å². The van der Waals surface area contributed by atoms with E-state index < -0.39 is 22.5 Å². The normalized spacial score (nSPS) is 14.7. The average Bonchev–Trinajstić information content (AvgIpc) is 3.56. The number of thiazole rings is 1. The minimum atomic E-state index is -0.907. The molecule has 5 rings (SSSR count). The maximum atomic E-state index is 14.0. The Labute approximate surface area is 261 Å². The number of halogens is 2. The van der Waals surface area contributed by atoms with Crippen molar-refractivity contribution in [2.45, 2.75) is 19.9 Å². The molecule has 0 unspecified atom stereocenters. The van der Waals surface area contributed by atoms with Gasteiger partial charge in [-0.15, -0.1) is 0 Å². The molecule has 0 spiro atoms. The zero-order valence-electron chi connectivity index (χ0n) is 23.2. The zero-order chi connectivity index (χ0) is 31.0. The van der Waals surface area contributed by atoms with Crippen LogP contribution in [0.25, 0.3) is 17.4 Å². The van der Waals surface area contributed by atoms with Gasteiger partial charge >= 0.3 is 5.97 Å². The summed E-state index contributed by atoms with van der Waals surface area (Å²) < 4.78 is 24.4. The molecule has 0 N–H and O–H groups in total. The van der Waals surface area contributed by atoms with Crippen molar-refractivity contribution in [1.29, 1.82) is 0 Å². The highest BCUT2D eigenvalue weighted by Crippen LogP contribution is 2.41. The Bertz CT molecular complexity index is 1990. The van der Waals surface area contributed by atoms with Gasteiger partial charge in [-0.3, -0.25) is 19.5 Å². The molecule has 1 aliphatic rings. The lowest BCUT2D eigenvalue weighted by atomic mass is 9.95. The van der Waals surface area contributed by atoms with E-state index in [0.717, 1.165) is 11.3 Å². The van der Waals surface area contributed by atoms with Crippen LogP contribution in [0.2, 0.25) is 5.02 Å². The smallest absolute Gasteiger partial charge is 0.338 e. The Hall–Kier alpha value is -4.20. The number of rotatable bonds is 8. The molecule has 2 aromatic heterocycles. The van der Waals surface area contributed by atoms with Crippen LogP contribution in [0.15, 0.2) is 72.4 Å². The quantitative estimate of drug-likeness (QED) is 0.136. The van der Waals surface area contributed by atoms with Gasteiger partial charge < -0.3 is 18.6 Å². The van der Waals surface area contributed by atoms with Crippen LogP contribution in [0.4, 0.5) is 5.69 Å². The van der Waals surface area contributed by atoms with Crippen LogP contribution in [0.5, 0.6) is 11.5 Å². The summed E-state index contributed by atoms with van der Waals surface area (Å²) in [6.07, 6.45) is 1.53. The highest BCUT2D eigenvalue weighted by molar-refractivity contribution is 9.10. The van der Waals surface area contributed by atoms with Crippen molar-refractivity contribution in [3.8, 4) is 22.8 Å². The number of nitrogens with zero attached hydrogens (tertiary/aromatic N) is 3. The van der Waals surface area contributed by atoms with E-state index in [1.165, 1.54) is 43.1 Å². The lowest BCUT2D eigenvalue weighted by molar-refractivity contribution is -0.384. The number of aromatic nitrogens is 1. The second-order valence-corrected chi connectivity index (χ2v) is 11.5. The Morgan fingerprint density at radius 1 is 1.21 bits per heavy atom. The number of allylic oxidation sites excluding steroid dienone is 1.